The molecular formula is C17H17ClN2O3S. The second kappa shape index (κ2) is 6.55. The van der Waals surface area contributed by atoms with Crippen molar-refractivity contribution in [3.05, 3.63) is 58.6 Å². The molecule has 0 radical (unpaired) electrons. The minimum Gasteiger partial charge on any atom is -0.322 e. The molecule has 0 atom stereocenters. The largest absolute Gasteiger partial charge is 0.322 e. The van der Waals surface area contributed by atoms with Gasteiger partial charge in [0.1, 0.15) is 4.90 Å². The van der Waals surface area contributed by atoms with Crippen molar-refractivity contribution < 1.29 is 13.2 Å². The fourth-order valence-electron chi connectivity index (χ4n) is 2.26. The summed E-state index contributed by atoms with van der Waals surface area (Å²) < 4.78 is 27.3. The Balaban J connectivity index is 1.86. The van der Waals surface area contributed by atoms with Gasteiger partial charge in [-0.1, -0.05) is 23.7 Å². The number of rotatable bonds is 5. The average molecular weight is 365 g/mol. The van der Waals surface area contributed by atoms with Gasteiger partial charge in [0.2, 0.25) is 10.0 Å². The van der Waals surface area contributed by atoms with Gasteiger partial charge in [0, 0.05) is 17.3 Å². The van der Waals surface area contributed by atoms with Crippen molar-refractivity contribution in [2.75, 3.05) is 5.32 Å². The quantitative estimate of drug-likeness (QED) is 0.854. The Labute approximate surface area is 146 Å². The van der Waals surface area contributed by atoms with Crippen molar-refractivity contribution in [2.45, 2.75) is 30.7 Å². The fraction of sp³-hybridized carbons (Fsp3) is 0.235. The molecule has 126 valence electrons. The molecule has 0 aromatic heterocycles. The number of hydrogen-bond acceptors (Lipinski definition) is 3. The van der Waals surface area contributed by atoms with Crippen molar-refractivity contribution in [2.24, 2.45) is 0 Å². The molecule has 1 aliphatic rings. The van der Waals surface area contributed by atoms with Crippen LogP contribution in [0.3, 0.4) is 0 Å². The standard InChI is InChI=1S/C17H17ClN2O3S/c1-11-3-2-4-14(9-11)19-17(21)12-5-8-15(18)16(10-12)24(22,23)20-13-6-7-13/h2-5,8-10,13,20H,6-7H2,1H3,(H,19,21). The summed E-state index contributed by atoms with van der Waals surface area (Å²) in [4.78, 5) is 12.3. The zero-order chi connectivity index (χ0) is 17.3. The first kappa shape index (κ1) is 17.0. The molecule has 1 amide bonds. The fourth-order valence-corrected chi connectivity index (χ4v) is 4.09. The maximum Gasteiger partial charge on any atom is 0.255 e. The van der Waals surface area contributed by atoms with Crippen molar-refractivity contribution in [1.82, 2.24) is 4.72 Å². The summed E-state index contributed by atoms with van der Waals surface area (Å²) in [5.74, 6) is -0.389. The van der Waals surface area contributed by atoms with Crippen LogP contribution in [-0.4, -0.2) is 20.4 Å². The smallest absolute Gasteiger partial charge is 0.255 e. The number of carbonyl (C=O) groups is 1. The summed E-state index contributed by atoms with van der Waals surface area (Å²) >= 11 is 6.02. The van der Waals surface area contributed by atoms with Crippen LogP contribution in [0.2, 0.25) is 5.02 Å². The summed E-state index contributed by atoms with van der Waals surface area (Å²) in [5, 5.41) is 2.85. The number of amides is 1. The molecule has 0 saturated heterocycles. The van der Waals surface area contributed by atoms with E-state index in [0.717, 1.165) is 18.4 Å². The molecule has 1 aliphatic carbocycles. The predicted molar refractivity (Wildman–Crippen MR) is 93.9 cm³/mol. The number of nitrogens with one attached hydrogen (secondary N) is 2. The van der Waals surface area contributed by atoms with Gasteiger partial charge in [-0.2, -0.15) is 0 Å². The van der Waals surface area contributed by atoms with E-state index >= 15 is 0 Å². The van der Waals surface area contributed by atoms with E-state index in [2.05, 4.69) is 10.0 Å². The molecule has 1 saturated carbocycles. The second-order valence-electron chi connectivity index (χ2n) is 5.86. The van der Waals surface area contributed by atoms with Crippen LogP contribution in [-0.2, 0) is 10.0 Å². The predicted octanol–water partition coefficient (Wildman–Crippen LogP) is 3.34. The molecule has 1 fully saturated rings. The first-order chi connectivity index (χ1) is 11.3. The molecule has 3 rings (SSSR count). The molecule has 0 heterocycles. The Morgan fingerprint density at radius 1 is 1.17 bits per heavy atom. The Morgan fingerprint density at radius 3 is 2.58 bits per heavy atom. The van der Waals surface area contributed by atoms with E-state index in [4.69, 9.17) is 11.6 Å². The normalized spacial score (nSPS) is 14.4. The SMILES string of the molecule is Cc1cccc(NC(=O)c2ccc(Cl)c(S(=O)(=O)NC3CC3)c2)c1. The second-order valence-corrected chi connectivity index (χ2v) is 7.95. The highest BCUT2D eigenvalue weighted by atomic mass is 35.5. The molecular weight excluding hydrogens is 348 g/mol. The van der Waals surface area contributed by atoms with E-state index in [-0.39, 0.29) is 27.4 Å². The van der Waals surface area contributed by atoms with Crippen LogP contribution in [0.15, 0.2) is 47.4 Å². The summed E-state index contributed by atoms with van der Waals surface area (Å²) in [6.45, 7) is 1.92. The van der Waals surface area contributed by atoms with Gasteiger partial charge in [-0.15, -0.1) is 0 Å². The number of sulfonamides is 1. The highest BCUT2D eigenvalue weighted by Crippen LogP contribution is 2.27. The summed E-state index contributed by atoms with van der Waals surface area (Å²) in [5.41, 5.74) is 1.90. The van der Waals surface area contributed by atoms with Gasteiger partial charge in [-0.25, -0.2) is 13.1 Å². The van der Waals surface area contributed by atoms with Crippen LogP contribution in [0.5, 0.6) is 0 Å². The Kier molecular flexibility index (Phi) is 4.62. The molecule has 0 unspecified atom stereocenters. The number of aryl methyl sites for hydroxylation is 1. The van der Waals surface area contributed by atoms with Crippen LogP contribution in [0.25, 0.3) is 0 Å². The van der Waals surface area contributed by atoms with E-state index in [1.165, 1.54) is 18.2 Å². The molecule has 0 aliphatic heterocycles. The number of benzene rings is 2. The van der Waals surface area contributed by atoms with Gasteiger partial charge >= 0.3 is 0 Å². The van der Waals surface area contributed by atoms with Gasteiger partial charge in [-0.3, -0.25) is 4.79 Å². The molecule has 0 spiro atoms. The monoisotopic (exact) mass is 364 g/mol. The number of carbonyl (C=O) groups excluding carboxylic acids is 1. The molecule has 2 aromatic rings. The third-order valence-corrected chi connectivity index (χ3v) is 5.66. The molecule has 0 bridgehead atoms. The maximum absolute atomic E-state index is 12.4. The molecule has 2 N–H and O–H groups in total. The molecule has 2 aromatic carbocycles. The summed E-state index contributed by atoms with van der Waals surface area (Å²) in [6, 6.07) is 11.6. The van der Waals surface area contributed by atoms with Gasteiger partial charge in [-0.05, 0) is 55.7 Å². The van der Waals surface area contributed by atoms with Crippen molar-refractivity contribution in [3.63, 3.8) is 0 Å². The summed E-state index contributed by atoms with van der Waals surface area (Å²) in [6.07, 6.45) is 1.65. The maximum atomic E-state index is 12.4. The third-order valence-electron chi connectivity index (χ3n) is 3.66. The third kappa shape index (κ3) is 3.95. The average Bonchev–Trinajstić information content (AvgIpc) is 3.30. The van der Waals surface area contributed by atoms with Crippen LogP contribution >= 0.6 is 11.6 Å². The Bertz CT molecular complexity index is 892. The number of halogens is 1. The molecule has 24 heavy (non-hydrogen) atoms. The number of hydrogen-bond donors (Lipinski definition) is 2. The lowest BCUT2D eigenvalue weighted by molar-refractivity contribution is 0.102. The minimum absolute atomic E-state index is 0.0316. The minimum atomic E-state index is -3.73. The first-order valence-electron chi connectivity index (χ1n) is 7.55. The van der Waals surface area contributed by atoms with Gasteiger partial charge in [0.25, 0.3) is 5.91 Å². The zero-order valence-corrected chi connectivity index (χ0v) is 14.6. The van der Waals surface area contributed by atoms with E-state index in [9.17, 15) is 13.2 Å². The lowest BCUT2D eigenvalue weighted by atomic mass is 10.2. The van der Waals surface area contributed by atoms with Crippen LogP contribution < -0.4 is 10.0 Å². The van der Waals surface area contributed by atoms with Crippen LogP contribution in [0.1, 0.15) is 28.8 Å². The van der Waals surface area contributed by atoms with E-state index in [1.54, 1.807) is 6.07 Å². The van der Waals surface area contributed by atoms with Crippen LogP contribution in [0.4, 0.5) is 5.69 Å². The van der Waals surface area contributed by atoms with Crippen molar-refractivity contribution >= 4 is 33.2 Å². The van der Waals surface area contributed by atoms with E-state index in [1.807, 2.05) is 25.1 Å². The van der Waals surface area contributed by atoms with Crippen molar-refractivity contribution in [1.29, 1.82) is 0 Å². The molecule has 7 heteroatoms. The lowest BCUT2D eigenvalue weighted by Gasteiger charge is -2.10. The topological polar surface area (TPSA) is 75.3 Å². The van der Waals surface area contributed by atoms with Gasteiger partial charge in [0.05, 0.1) is 5.02 Å². The van der Waals surface area contributed by atoms with Gasteiger partial charge < -0.3 is 5.32 Å². The highest BCUT2D eigenvalue weighted by Gasteiger charge is 2.29. The Hall–Kier alpha value is -1.89. The van der Waals surface area contributed by atoms with E-state index in [0.29, 0.717) is 5.69 Å². The Morgan fingerprint density at radius 2 is 1.92 bits per heavy atom. The highest BCUT2D eigenvalue weighted by molar-refractivity contribution is 7.89. The van der Waals surface area contributed by atoms with E-state index < -0.39 is 10.0 Å². The zero-order valence-electron chi connectivity index (χ0n) is 13.0. The van der Waals surface area contributed by atoms with Crippen molar-refractivity contribution in [3.8, 4) is 0 Å². The summed E-state index contributed by atoms with van der Waals surface area (Å²) in [7, 11) is -3.73. The molecule has 5 nitrogen and oxygen atoms in total. The van der Waals surface area contributed by atoms with Crippen LogP contribution in [0, 0.1) is 6.92 Å². The first-order valence-corrected chi connectivity index (χ1v) is 9.41. The number of anilines is 1. The van der Waals surface area contributed by atoms with Gasteiger partial charge in [0.15, 0.2) is 0 Å². The lowest BCUT2D eigenvalue weighted by Crippen LogP contribution is -2.26.